The average molecular weight is 282 g/mol. The van der Waals surface area contributed by atoms with E-state index in [0.717, 1.165) is 11.1 Å². The minimum Gasteiger partial charge on any atom is -0.493 e. The molecule has 0 saturated carbocycles. The van der Waals surface area contributed by atoms with Crippen LogP contribution >= 0.6 is 0 Å². The first-order valence-corrected chi connectivity index (χ1v) is 6.67. The van der Waals surface area contributed by atoms with Crippen molar-refractivity contribution in [2.75, 3.05) is 14.2 Å². The van der Waals surface area contributed by atoms with Crippen LogP contribution in [0.2, 0.25) is 0 Å². The van der Waals surface area contributed by atoms with E-state index in [9.17, 15) is 5.26 Å². The maximum Gasteiger partial charge on any atom is 0.161 e. The summed E-state index contributed by atoms with van der Waals surface area (Å²) in [6.45, 7) is 0.632. The standard InChI is InChI=1S/C17H18N2O2/c1-20-16-9-8-14(10-17(16)21-2)15(11-18)19-12-13-6-4-3-5-7-13/h3-10,15,19H,12H2,1-2H3. The van der Waals surface area contributed by atoms with Crippen molar-refractivity contribution < 1.29 is 9.47 Å². The zero-order valence-electron chi connectivity index (χ0n) is 12.2. The van der Waals surface area contributed by atoms with Gasteiger partial charge in [0.25, 0.3) is 0 Å². The smallest absolute Gasteiger partial charge is 0.161 e. The highest BCUT2D eigenvalue weighted by Crippen LogP contribution is 2.29. The Kier molecular flexibility index (Phi) is 5.19. The highest BCUT2D eigenvalue weighted by Gasteiger charge is 2.13. The van der Waals surface area contributed by atoms with Crippen molar-refractivity contribution in [2.24, 2.45) is 0 Å². The predicted octanol–water partition coefficient (Wildman–Crippen LogP) is 3.06. The molecule has 108 valence electrons. The average Bonchev–Trinajstić information content (AvgIpc) is 2.56. The number of rotatable bonds is 6. The number of hydrogen-bond donors (Lipinski definition) is 1. The minimum atomic E-state index is -0.398. The third kappa shape index (κ3) is 3.74. The Morgan fingerprint density at radius 1 is 1.05 bits per heavy atom. The maximum absolute atomic E-state index is 9.36. The zero-order valence-corrected chi connectivity index (χ0v) is 12.2. The fourth-order valence-corrected chi connectivity index (χ4v) is 2.09. The Hall–Kier alpha value is -2.51. The summed E-state index contributed by atoms with van der Waals surface area (Å²) < 4.78 is 10.5. The molecule has 4 nitrogen and oxygen atoms in total. The van der Waals surface area contributed by atoms with Gasteiger partial charge in [0.05, 0.1) is 20.3 Å². The molecule has 1 atom stereocenters. The van der Waals surface area contributed by atoms with E-state index in [0.29, 0.717) is 18.0 Å². The first-order valence-electron chi connectivity index (χ1n) is 6.67. The Morgan fingerprint density at radius 3 is 2.38 bits per heavy atom. The number of benzene rings is 2. The highest BCUT2D eigenvalue weighted by atomic mass is 16.5. The molecule has 0 aliphatic carbocycles. The summed E-state index contributed by atoms with van der Waals surface area (Å²) in [6.07, 6.45) is 0. The van der Waals surface area contributed by atoms with Gasteiger partial charge in [-0.1, -0.05) is 36.4 Å². The van der Waals surface area contributed by atoms with Gasteiger partial charge < -0.3 is 9.47 Å². The normalized spacial score (nSPS) is 11.5. The van der Waals surface area contributed by atoms with Gasteiger partial charge in [0.1, 0.15) is 6.04 Å². The van der Waals surface area contributed by atoms with Crippen LogP contribution in [0.5, 0.6) is 11.5 Å². The van der Waals surface area contributed by atoms with Crippen molar-refractivity contribution >= 4 is 0 Å². The largest absolute Gasteiger partial charge is 0.493 e. The summed E-state index contributed by atoms with van der Waals surface area (Å²) in [7, 11) is 3.17. The number of hydrogen-bond acceptors (Lipinski definition) is 4. The molecule has 0 radical (unpaired) electrons. The van der Waals surface area contributed by atoms with Gasteiger partial charge in [-0.2, -0.15) is 5.26 Å². The van der Waals surface area contributed by atoms with Crippen LogP contribution in [0.15, 0.2) is 48.5 Å². The molecule has 21 heavy (non-hydrogen) atoms. The van der Waals surface area contributed by atoms with Gasteiger partial charge >= 0.3 is 0 Å². The molecule has 1 N–H and O–H groups in total. The van der Waals surface area contributed by atoms with Crippen molar-refractivity contribution in [1.29, 1.82) is 5.26 Å². The van der Waals surface area contributed by atoms with Crippen LogP contribution in [0.4, 0.5) is 0 Å². The lowest BCUT2D eigenvalue weighted by molar-refractivity contribution is 0.354. The van der Waals surface area contributed by atoms with Gasteiger partial charge in [0.15, 0.2) is 11.5 Å². The molecule has 0 heterocycles. The van der Waals surface area contributed by atoms with Gasteiger partial charge in [-0.25, -0.2) is 0 Å². The first-order chi connectivity index (χ1) is 10.3. The maximum atomic E-state index is 9.36. The van der Waals surface area contributed by atoms with Crippen molar-refractivity contribution in [3.63, 3.8) is 0 Å². The summed E-state index contributed by atoms with van der Waals surface area (Å²) in [6, 6.07) is 17.4. The highest BCUT2D eigenvalue weighted by molar-refractivity contribution is 5.44. The second-order valence-electron chi connectivity index (χ2n) is 4.54. The lowest BCUT2D eigenvalue weighted by Crippen LogP contribution is -2.19. The van der Waals surface area contributed by atoms with Crippen LogP contribution in [0.3, 0.4) is 0 Å². The van der Waals surface area contributed by atoms with E-state index in [1.807, 2.05) is 48.5 Å². The minimum absolute atomic E-state index is 0.398. The topological polar surface area (TPSA) is 54.3 Å². The molecule has 2 aromatic carbocycles. The van der Waals surface area contributed by atoms with Gasteiger partial charge in [-0.15, -0.1) is 0 Å². The molecule has 1 unspecified atom stereocenters. The van der Waals surface area contributed by atoms with E-state index >= 15 is 0 Å². The Balaban J connectivity index is 2.12. The molecular formula is C17H18N2O2. The number of nitriles is 1. The fraction of sp³-hybridized carbons (Fsp3) is 0.235. The molecule has 0 fully saturated rings. The summed E-state index contributed by atoms with van der Waals surface area (Å²) in [5, 5.41) is 12.6. The molecule has 2 rings (SSSR count). The van der Waals surface area contributed by atoms with Crippen molar-refractivity contribution in [3.05, 3.63) is 59.7 Å². The van der Waals surface area contributed by atoms with Crippen molar-refractivity contribution in [1.82, 2.24) is 5.32 Å². The molecule has 0 bridgehead atoms. The summed E-state index contributed by atoms with van der Waals surface area (Å²) in [5.74, 6) is 1.28. The molecule has 0 saturated heterocycles. The molecule has 0 aliphatic heterocycles. The quantitative estimate of drug-likeness (QED) is 0.884. The van der Waals surface area contributed by atoms with Crippen molar-refractivity contribution in [2.45, 2.75) is 12.6 Å². The van der Waals surface area contributed by atoms with E-state index in [1.54, 1.807) is 14.2 Å². The Bertz CT molecular complexity index is 620. The van der Waals surface area contributed by atoms with E-state index in [1.165, 1.54) is 0 Å². The van der Waals surface area contributed by atoms with E-state index in [2.05, 4.69) is 11.4 Å². The molecular weight excluding hydrogens is 264 g/mol. The molecule has 0 aliphatic rings. The van der Waals surface area contributed by atoms with E-state index in [-0.39, 0.29) is 0 Å². The summed E-state index contributed by atoms with van der Waals surface area (Å²) in [5.41, 5.74) is 1.99. The zero-order chi connectivity index (χ0) is 15.1. The predicted molar refractivity (Wildman–Crippen MR) is 81.2 cm³/mol. The van der Waals surface area contributed by atoms with Crippen LogP contribution in [0.25, 0.3) is 0 Å². The van der Waals surface area contributed by atoms with Gasteiger partial charge in [-0.3, -0.25) is 5.32 Å². The van der Waals surface area contributed by atoms with Crippen LogP contribution < -0.4 is 14.8 Å². The van der Waals surface area contributed by atoms with Crippen LogP contribution in [-0.2, 0) is 6.54 Å². The number of methoxy groups -OCH3 is 2. The SMILES string of the molecule is COc1ccc(C(C#N)NCc2ccccc2)cc1OC. The number of ether oxygens (including phenoxy) is 2. The van der Waals surface area contributed by atoms with Crippen molar-refractivity contribution in [3.8, 4) is 17.6 Å². The lowest BCUT2D eigenvalue weighted by atomic mass is 10.1. The molecule has 4 heteroatoms. The fourth-order valence-electron chi connectivity index (χ4n) is 2.09. The number of nitrogens with one attached hydrogen (secondary N) is 1. The third-order valence-corrected chi connectivity index (χ3v) is 3.22. The number of nitrogens with zero attached hydrogens (tertiary/aromatic N) is 1. The molecule has 2 aromatic rings. The summed E-state index contributed by atoms with van der Waals surface area (Å²) in [4.78, 5) is 0. The molecule has 0 spiro atoms. The first kappa shape index (κ1) is 14.9. The van der Waals surface area contributed by atoms with Crippen LogP contribution in [-0.4, -0.2) is 14.2 Å². The van der Waals surface area contributed by atoms with Crippen LogP contribution in [0, 0.1) is 11.3 Å². The monoisotopic (exact) mass is 282 g/mol. The lowest BCUT2D eigenvalue weighted by Gasteiger charge is -2.14. The van der Waals surface area contributed by atoms with Crippen LogP contribution in [0.1, 0.15) is 17.2 Å². The third-order valence-electron chi connectivity index (χ3n) is 3.22. The van der Waals surface area contributed by atoms with E-state index < -0.39 is 6.04 Å². The van der Waals surface area contributed by atoms with E-state index in [4.69, 9.17) is 9.47 Å². The second kappa shape index (κ2) is 7.32. The van der Waals surface area contributed by atoms with Gasteiger partial charge in [0, 0.05) is 6.54 Å². The second-order valence-corrected chi connectivity index (χ2v) is 4.54. The molecule has 0 amide bonds. The van der Waals surface area contributed by atoms with Gasteiger partial charge in [-0.05, 0) is 23.3 Å². The Labute approximate surface area is 124 Å². The molecule has 0 aromatic heterocycles. The van der Waals surface area contributed by atoms with Gasteiger partial charge in [0.2, 0.25) is 0 Å². The summed E-state index contributed by atoms with van der Waals surface area (Å²) >= 11 is 0. The Morgan fingerprint density at radius 2 is 1.76 bits per heavy atom.